The summed E-state index contributed by atoms with van der Waals surface area (Å²) < 4.78 is 0. The molecular formula is C10H17N2O2. The van der Waals surface area contributed by atoms with Crippen LogP contribution in [0.1, 0.15) is 25.7 Å². The van der Waals surface area contributed by atoms with Crippen molar-refractivity contribution < 1.29 is 9.59 Å². The van der Waals surface area contributed by atoms with Crippen molar-refractivity contribution in [2.45, 2.75) is 25.7 Å². The fourth-order valence-electron chi connectivity index (χ4n) is 1.69. The van der Waals surface area contributed by atoms with E-state index in [1.54, 1.807) is 6.29 Å². The number of amides is 1. The Bertz CT molecular complexity index is 187. The lowest BCUT2D eigenvalue weighted by atomic mass is 10.2. The molecule has 1 fully saturated rings. The number of likely N-dealkylation sites (tertiary alicyclic amines) is 1. The Morgan fingerprint density at radius 2 is 1.86 bits per heavy atom. The van der Waals surface area contributed by atoms with Gasteiger partial charge in [-0.15, -0.1) is 0 Å². The highest BCUT2D eigenvalue weighted by molar-refractivity contribution is 5.80. The number of rotatable bonds is 4. The van der Waals surface area contributed by atoms with E-state index in [0.29, 0.717) is 6.54 Å². The molecule has 1 radical (unpaired) electrons. The number of carbonyl (C=O) groups excluding carboxylic acids is 2. The summed E-state index contributed by atoms with van der Waals surface area (Å²) in [6.07, 6.45) is 6.52. The number of hydrogen-bond acceptors (Lipinski definition) is 3. The highest BCUT2D eigenvalue weighted by Gasteiger charge is 2.12. The second-order valence-corrected chi connectivity index (χ2v) is 3.61. The zero-order valence-electron chi connectivity index (χ0n) is 8.42. The van der Waals surface area contributed by atoms with Crippen LogP contribution in [-0.2, 0) is 9.59 Å². The van der Waals surface area contributed by atoms with Crippen LogP contribution in [0.2, 0.25) is 0 Å². The Morgan fingerprint density at radius 3 is 2.43 bits per heavy atom. The summed E-state index contributed by atoms with van der Waals surface area (Å²) in [5, 5.41) is 2.50. The Kier molecular flexibility index (Phi) is 5.22. The summed E-state index contributed by atoms with van der Waals surface area (Å²) in [4.78, 5) is 23.3. The molecule has 0 spiro atoms. The minimum absolute atomic E-state index is 0.00662. The topological polar surface area (TPSA) is 49.4 Å². The zero-order chi connectivity index (χ0) is 10.2. The molecule has 1 rings (SSSR count). The van der Waals surface area contributed by atoms with Crippen molar-refractivity contribution in [3.8, 4) is 0 Å². The Hall–Kier alpha value is -0.900. The van der Waals surface area contributed by atoms with Gasteiger partial charge < -0.3 is 5.32 Å². The maximum atomic E-state index is 11.3. The van der Waals surface area contributed by atoms with Crippen molar-refractivity contribution in [2.24, 2.45) is 0 Å². The molecule has 0 bridgehead atoms. The van der Waals surface area contributed by atoms with Crippen LogP contribution in [0.15, 0.2) is 0 Å². The van der Waals surface area contributed by atoms with Crippen LogP contribution in [0.3, 0.4) is 0 Å². The lowest BCUT2D eigenvalue weighted by molar-refractivity contribution is -0.121. The van der Waals surface area contributed by atoms with Crippen molar-refractivity contribution in [2.75, 3.05) is 26.2 Å². The number of nitrogens with zero attached hydrogens (tertiary/aromatic N) is 1. The summed E-state index contributed by atoms with van der Waals surface area (Å²) >= 11 is 0. The van der Waals surface area contributed by atoms with E-state index in [0.717, 1.165) is 13.1 Å². The smallest absolute Gasteiger partial charge is 0.234 e. The van der Waals surface area contributed by atoms with Crippen LogP contribution in [0.25, 0.3) is 0 Å². The van der Waals surface area contributed by atoms with Crippen LogP contribution < -0.4 is 5.32 Å². The Morgan fingerprint density at radius 1 is 1.21 bits per heavy atom. The van der Waals surface area contributed by atoms with Gasteiger partial charge in [-0.2, -0.15) is 0 Å². The number of carbonyl (C=O) groups is 1. The molecular weight excluding hydrogens is 180 g/mol. The number of nitrogens with one attached hydrogen (secondary N) is 1. The van der Waals surface area contributed by atoms with Gasteiger partial charge in [0.1, 0.15) is 0 Å². The average Bonchev–Trinajstić information content (AvgIpc) is 2.43. The molecule has 1 amide bonds. The minimum atomic E-state index is -0.0738. The van der Waals surface area contributed by atoms with E-state index < -0.39 is 0 Å². The van der Waals surface area contributed by atoms with E-state index in [1.807, 2.05) is 0 Å². The van der Waals surface area contributed by atoms with Crippen molar-refractivity contribution in [1.29, 1.82) is 0 Å². The van der Waals surface area contributed by atoms with Crippen LogP contribution >= 0.6 is 0 Å². The molecule has 1 aliphatic heterocycles. The van der Waals surface area contributed by atoms with E-state index in [-0.39, 0.29) is 12.5 Å². The molecule has 0 aromatic heterocycles. The van der Waals surface area contributed by atoms with Crippen LogP contribution in [0.5, 0.6) is 0 Å². The van der Waals surface area contributed by atoms with Crippen molar-refractivity contribution in [3.05, 3.63) is 0 Å². The molecule has 0 atom stereocenters. The van der Waals surface area contributed by atoms with Gasteiger partial charge in [0.2, 0.25) is 12.2 Å². The van der Waals surface area contributed by atoms with Crippen LogP contribution in [0, 0.1) is 0 Å². The van der Waals surface area contributed by atoms with Gasteiger partial charge in [-0.3, -0.25) is 14.5 Å². The average molecular weight is 197 g/mol. The number of hydrogen-bond donors (Lipinski definition) is 1. The monoisotopic (exact) mass is 197 g/mol. The molecule has 0 aromatic rings. The van der Waals surface area contributed by atoms with Gasteiger partial charge in [0, 0.05) is 0 Å². The first-order valence-corrected chi connectivity index (χ1v) is 5.17. The maximum Gasteiger partial charge on any atom is 0.234 e. The van der Waals surface area contributed by atoms with Gasteiger partial charge in [0.25, 0.3) is 0 Å². The first kappa shape index (κ1) is 11.2. The largest absolute Gasteiger partial charge is 0.347 e. The van der Waals surface area contributed by atoms with Gasteiger partial charge in [-0.05, 0) is 25.9 Å². The fourth-order valence-corrected chi connectivity index (χ4v) is 1.69. The van der Waals surface area contributed by atoms with Gasteiger partial charge >= 0.3 is 0 Å². The third kappa shape index (κ3) is 4.37. The summed E-state index contributed by atoms with van der Waals surface area (Å²) in [5.74, 6) is -0.0738. The van der Waals surface area contributed by atoms with Gasteiger partial charge in [-0.1, -0.05) is 12.8 Å². The molecule has 1 heterocycles. The summed E-state index contributed by atoms with van der Waals surface area (Å²) in [7, 11) is 0. The predicted molar refractivity (Wildman–Crippen MR) is 53.6 cm³/mol. The molecule has 0 aliphatic carbocycles. The van der Waals surface area contributed by atoms with E-state index in [4.69, 9.17) is 0 Å². The first-order valence-electron chi connectivity index (χ1n) is 5.17. The van der Waals surface area contributed by atoms with E-state index in [2.05, 4.69) is 10.2 Å². The van der Waals surface area contributed by atoms with Crippen molar-refractivity contribution >= 4 is 12.2 Å². The molecule has 1 saturated heterocycles. The maximum absolute atomic E-state index is 11.3. The van der Waals surface area contributed by atoms with Crippen LogP contribution in [-0.4, -0.2) is 43.3 Å². The molecule has 0 saturated carbocycles. The SMILES string of the molecule is O=[C]CNC(=O)CN1CCCCCC1. The van der Waals surface area contributed by atoms with Gasteiger partial charge in [0.05, 0.1) is 13.1 Å². The molecule has 0 aromatic carbocycles. The zero-order valence-corrected chi connectivity index (χ0v) is 8.42. The molecule has 0 unspecified atom stereocenters. The molecule has 1 aliphatic rings. The lowest BCUT2D eigenvalue weighted by Crippen LogP contribution is -2.38. The molecule has 79 valence electrons. The highest BCUT2D eigenvalue weighted by atomic mass is 16.2. The van der Waals surface area contributed by atoms with Crippen molar-refractivity contribution in [3.63, 3.8) is 0 Å². The minimum Gasteiger partial charge on any atom is -0.347 e. The van der Waals surface area contributed by atoms with E-state index in [1.165, 1.54) is 25.7 Å². The fraction of sp³-hybridized carbons (Fsp3) is 0.800. The summed E-state index contributed by atoms with van der Waals surface area (Å²) in [5.41, 5.74) is 0. The normalized spacial score (nSPS) is 18.6. The standard InChI is InChI=1S/C10H17N2O2/c13-8-5-11-10(14)9-12-6-3-1-2-4-7-12/h1-7,9H2,(H,11,14). The second-order valence-electron chi connectivity index (χ2n) is 3.61. The second kappa shape index (κ2) is 6.54. The van der Waals surface area contributed by atoms with Gasteiger partial charge in [-0.25, -0.2) is 0 Å². The first-order chi connectivity index (χ1) is 6.83. The third-order valence-electron chi connectivity index (χ3n) is 2.42. The molecule has 14 heavy (non-hydrogen) atoms. The highest BCUT2D eigenvalue weighted by Crippen LogP contribution is 2.08. The predicted octanol–water partition coefficient (Wildman–Crippen LogP) is 0.0883. The quantitative estimate of drug-likeness (QED) is 0.695. The Labute approximate surface area is 84.7 Å². The molecule has 4 nitrogen and oxygen atoms in total. The van der Waals surface area contributed by atoms with E-state index in [9.17, 15) is 9.59 Å². The molecule has 1 N–H and O–H groups in total. The Balaban J connectivity index is 2.20. The summed E-state index contributed by atoms with van der Waals surface area (Å²) in [6.45, 7) is 2.42. The third-order valence-corrected chi connectivity index (χ3v) is 2.42. The molecule has 4 heteroatoms. The van der Waals surface area contributed by atoms with Crippen molar-refractivity contribution in [1.82, 2.24) is 10.2 Å². The summed E-state index contributed by atoms with van der Waals surface area (Å²) in [6, 6.07) is 0. The van der Waals surface area contributed by atoms with E-state index >= 15 is 0 Å². The lowest BCUT2D eigenvalue weighted by Gasteiger charge is -2.18. The van der Waals surface area contributed by atoms with Crippen LogP contribution in [0.4, 0.5) is 0 Å². The van der Waals surface area contributed by atoms with Gasteiger partial charge in [0.15, 0.2) is 0 Å².